The van der Waals surface area contributed by atoms with Crippen LogP contribution in [0.3, 0.4) is 0 Å². The van der Waals surface area contributed by atoms with Crippen LogP contribution in [0, 0.1) is 76.5 Å². The van der Waals surface area contributed by atoms with Crippen LogP contribution >= 0.6 is 0 Å². The zero-order valence-corrected chi connectivity index (χ0v) is 16.8. The Morgan fingerprint density at radius 1 is 0.743 bits per heavy atom. The van der Waals surface area contributed by atoms with Crippen LogP contribution in [0.5, 0.6) is 0 Å². The van der Waals surface area contributed by atoms with E-state index in [4.69, 9.17) is 18.4 Å². The minimum absolute atomic E-state index is 0.148. The van der Waals surface area contributed by atoms with E-state index < -0.39 is 79.6 Å². The second kappa shape index (κ2) is 9.39. The summed E-state index contributed by atoms with van der Waals surface area (Å²) in [6.45, 7) is 13.7. The van der Waals surface area contributed by atoms with Crippen LogP contribution in [0.2, 0.25) is 0 Å². The van der Waals surface area contributed by atoms with Crippen molar-refractivity contribution in [2.75, 3.05) is 0 Å². The van der Waals surface area contributed by atoms with Crippen LogP contribution in [0.25, 0.3) is 32.1 Å². The quantitative estimate of drug-likeness (QED) is 0.220. The Labute approximate surface area is 192 Å². The first-order chi connectivity index (χ1) is 16.6. The first-order valence-electron chi connectivity index (χ1n) is 9.06. The molecule has 170 valence electrons. The highest BCUT2D eigenvalue weighted by atomic mass is 19.2. The number of nitriles is 2. The van der Waals surface area contributed by atoms with Gasteiger partial charge in [0, 0.05) is 5.22 Å². The summed E-state index contributed by atoms with van der Waals surface area (Å²) in [6.07, 6.45) is 0. The summed E-state index contributed by atoms with van der Waals surface area (Å²) in [6, 6.07) is 6.77. The number of hydrogen-bond acceptors (Lipinski definition) is 2. The molecule has 0 aliphatic rings. The van der Waals surface area contributed by atoms with Crippen molar-refractivity contribution >= 4 is 17.0 Å². The van der Waals surface area contributed by atoms with Gasteiger partial charge in [0.25, 0.3) is 11.4 Å². The summed E-state index contributed by atoms with van der Waals surface area (Å²) < 4.78 is 99.2. The van der Waals surface area contributed by atoms with E-state index in [1.807, 2.05) is 0 Å². The lowest BCUT2D eigenvalue weighted by Crippen LogP contribution is -2.18. The largest absolute Gasteiger partial charge is 0.268 e. The highest BCUT2D eigenvalue weighted by Gasteiger charge is 2.28. The Balaban J connectivity index is 2.64. The van der Waals surface area contributed by atoms with Crippen LogP contribution in [-0.4, -0.2) is 0 Å². The summed E-state index contributed by atoms with van der Waals surface area (Å²) in [7, 11) is 0. The van der Waals surface area contributed by atoms with Gasteiger partial charge in [-0.1, -0.05) is 18.2 Å². The maximum Gasteiger partial charge on any atom is 0.268 e. The van der Waals surface area contributed by atoms with Crippen LogP contribution in [0.1, 0.15) is 5.56 Å². The van der Waals surface area contributed by atoms with E-state index in [9.17, 15) is 36.0 Å². The zero-order chi connectivity index (χ0) is 26.0. The van der Waals surface area contributed by atoms with Crippen LogP contribution in [-0.2, 0) is 0 Å². The van der Waals surface area contributed by atoms with Gasteiger partial charge in [0.15, 0.2) is 40.7 Å². The second-order valence-corrected chi connectivity index (χ2v) is 6.66. The van der Waals surface area contributed by atoms with Crippen molar-refractivity contribution in [1.29, 1.82) is 10.5 Å². The smallest absolute Gasteiger partial charge is 0.232 e. The first-order valence-corrected chi connectivity index (χ1v) is 9.06. The van der Waals surface area contributed by atoms with Gasteiger partial charge in [-0.3, -0.25) is 0 Å². The van der Waals surface area contributed by atoms with Crippen molar-refractivity contribution in [3.63, 3.8) is 0 Å². The SMILES string of the molecule is [C-]#[N+]/C(C#N)=c1\cc/c(=C(/C#N)c2c(F)c(F)c([N+]#[C-])c(F)c2F)c(-c2cc(F)c(F)c(F)c2)c1. The van der Waals surface area contributed by atoms with Crippen molar-refractivity contribution in [1.82, 2.24) is 0 Å². The number of benzene rings is 3. The van der Waals surface area contributed by atoms with Crippen LogP contribution < -0.4 is 10.4 Å². The molecule has 0 atom stereocenters. The third kappa shape index (κ3) is 4.04. The Bertz CT molecular complexity index is 1650. The van der Waals surface area contributed by atoms with Gasteiger partial charge in [-0.05, 0) is 28.5 Å². The van der Waals surface area contributed by atoms with Crippen molar-refractivity contribution in [3.05, 3.63) is 110 Å². The van der Waals surface area contributed by atoms with E-state index in [-0.39, 0.29) is 5.22 Å². The number of hydrogen-bond donors (Lipinski definition) is 0. The maximum absolute atomic E-state index is 14.7. The first kappa shape index (κ1) is 24.5. The average Bonchev–Trinajstić information content (AvgIpc) is 2.85. The predicted molar refractivity (Wildman–Crippen MR) is 107 cm³/mol. The number of rotatable bonds is 2. The molecule has 0 N–H and O–H groups in total. The van der Waals surface area contributed by atoms with Gasteiger partial charge in [-0.15, -0.1) is 0 Å². The van der Waals surface area contributed by atoms with Gasteiger partial charge in [0.05, 0.1) is 30.4 Å². The summed E-state index contributed by atoms with van der Waals surface area (Å²) in [4.78, 5) is 5.34. The van der Waals surface area contributed by atoms with Crippen molar-refractivity contribution in [2.24, 2.45) is 0 Å². The van der Waals surface area contributed by atoms with Crippen molar-refractivity contribution < 1.29 is 30.7 Å². The van der Waals surface area contributed by atoms with Gasteiger partial charge < -0.3 is 0 Å². The topological polar surface area (TPSA) is 56.3 Å². The molecule has 11 heteroatoms. The molecule has 3 rings (SSSR count). The van der Waals surface area contributed by atoms with Crippen molar-refractivity contribution in [2.45, 2.75) is 0 Å². The molecule has 0 heterocycles. The molecule has 0 aliphatic carbocycles. The van der Waals surface area contributed by atoms with E-state index >= 15 is 0 Å². The molecule has 0 amide bonds. The van der Waals surface area contributed by atoms with E-state index in [1.54, 1.807) is 6.07 Å². The van der Waals surface area contributed by atoms with Crippen LogP contribution in [0.15, 0.2) is 30.3 Å². The highest BCUT2D eigenvalue weighted by Crippen LogP contribution is 2.33. The van der Waals surface area contributed by atoms with Gasteiger partial charge in [-0.25, -0.2) is 45.7 Å². The van der Waals surface area contributed by atoms with Gasteiger partial charge in [0.1, 0.15) is 6.07 Å². The lowest BCUT2D eigenvalue weighted by atomic mass is 9.94. The molecular weight excluding hydrogens is 477 g/mol. The summed E-state index contributed by atoms with van der Waals surface area (Å²) >= 11 is 0. The maximum atomic E-state index is 14.7. The predicted octanol–water partition coefficient (Wildman–Crippen LogP) is 5.15. The molecular formula is C24H5F7N4. The normalized spacial score (nSPS) is 12.1. The highest BCUT2D eigenvalue weighted by molar-refractivity contribution is 5.83. The molecule has 0 aliphatic heterocycles. The number of nitrogens with zero attached hydrogens (tertiary/aromatic N) is 4. The molecule has 3 aromatic carbocycles. The third-order valence-corrected chi connectivity index (χ3v) is 4.79. The van der Waals surface area contributed by atoms with Gasteiger partial charge in [-0.2, -0.15) is 5.26 Å². The molecule has 0 spiro atoms. The molecule has 0 saturated carbocycles. The van der Waals surface area contributed by atoms with Crippen LogP contribution in [0.4, 0.5) is 36.4 Å². The fourth-order valence-corrected chi connectivity index (χ4v) is 3.20. The Hall–Kier alpha value is -5.13. The van der Waals surface area contributed by atoms with Gasteiger partial charge >= 0.3 is 0 Å². The molecule has 0 fully saturated rings. The molecule has 0 aromatic heterocycles. The standard InChI is InChI=1S/C24H5F7N4/c1-34-17(9-33)10-3-4-12(13(5-10)11-6-15(25)19(27)16(26)7-11)14(8-32)18-20(28)22(30)24(35-2)23(31)21(18)29/h3-7H/b14-12+,17-10+. The fraction of sp³-hybridized carbons (Fsp3) is 0. The number of halogens is 7. The Morgan fingerprint density at radius 2 is 1.31 bits per heavy atom. The average molecular weight is 482 g/mol. The second-order valence-electron chi connectivity index (χ2n) is 6.66. The van der Waals surface area contributed by atoms with E-state index in [2.05, 4.69) is 9.69 Å². The summed E-state index contributed by atoms with van der Waals surface area (Å²) in [5.41, 5.74) is -5.60. The van der Waals surface area contributed by atoms with Gasteiger partial charge in [0.2, 0.25) is 0 Å². The molecule has 0 saturated heterocycles. The van der Waals surface area contributed by atoms with E-state index in [1.165, 1.54) is 6.07 Å². The minimum Gasteiger partial charge on any atom is -0.232 e. The molecule has 35 heavy (non-hydrogen) atoms. The third-order valence-electron chi connectivity index (χ3n) is 4.79. The molecule has 0 radical (unpaired) electrons. The summed E-state index contributed by atoms with van der Waals surface area (Å²) in [5.74, 6) is -13.5. The monoisotopic (exact) mass is 482 g/mol. The fourth-order valence-electron chi connectivity index (χ4n) is 3.20. The summed E-state index contributed by atoms with van der Waals surface area (Å²) in [5, 5.41) is 18.1. The Morgan fingerprint density at radius 3 is 1.77 bits per heavy atom. The lowest BCUT2D eigenvalue weighted by molar-refractivity contribution is 0.447. The zero-order valence-electron chi connectivity index (χ0n) is 16.8. The molecule has 0 unspecified atom stereocenters. The Kier molecular flexibility index (Phi) is 6.58. The lowest BCUT2D eigenvalue weighted by Gasteiger charge is -2.11. The molecule has 4 nitrogen and oxygen atoms in total. The minimum atomic E-state index is -2.08. The van der Waals surface area contributed by atoms with Crippen molar-refractivity contribution in [3.8, 4) is 23.3 Å². The molecule has 3 aromatic rings. The van der Waals surface area contributed by atoms with E-state index in [0.29, 0.717) is 12.1 Å². The van der Waals surface area contributed by atoms with E-state index in [0.717, 1.165) is 18.2 Å². The molecule has 0 bridgehead atoms.